The van der Waals surface area contributed by atoms with Crippen molar-refractivity contribution in [2.75, 3.05) is 7.11 Å². The summed E-state index contributed by atoms with van der Waals surface area (Å²) in [5.74, 6) is 0.275. The van der Waals surface area contributed by atoms with E-state index in [0.29, 0.717) is 0 Å². The van der Waals surface area contributed by atoms with Crippen LogP contribution in [0.15, 0.2) is 11.8 Å². The van der Waals surface area contributed by atoms with Crippen LogP contribution in [0.1, 0.15) is 20.8 Å². The van der Waals surface area contributed by atoms with Crippen molar-refractivity contribution in [2.24, 2.45) is 5.41 Å². The van der Waals surface area contributed by atoms with Gasteiger partial charge >= 0.3 is 6.18 Å². The number of allylic oxidation sites excluding steroid dienone is 2. The Morgan fingerprint density at radius 2 is 1.67 bits per heavy atom. The van der Waals surface area contributed by atoms with E-state index in [4.69, 9.17) is 0 Å². The molecule has 0 unspecified atom stereocenters. The van der Waals surface area contributed by atoms with Gasteiger partial charge in [-0.2, -0.15) is 13.2 Å². The van der Waals surface area contributed by atoms with Crippen molar-refractivity contribution in [3.8, 4) is 0 Å². The lowest BCUT2D eigenvalue weighted by atomic mass is 9.92. The highest BCUT2D eigenvalue weighted by atomic mass is 19.4. The van der Waals surface area contributed by atoms with Gasteiger partial charge < -0.3 is 4.74 Å². The first kappa shape index (κ1) is 11.3. The number of hydrogen-bond donors (Lipinski definition) is 0. The van der Waals surface area contributed by atoms with Crippen molar-refractivity contribution in [1.29, 1.82) is 0 Å². The van der Waals surface area contributed by atoms with Crippen LogP contribution in [0.3, 0.4) is 0 Å². The second-order valence-electron chi connectivity index (χ2n) is 3.18. The molecule has 0 atom stereocenters. The van der Waals surface area contributed by atoms with Gasteiger partial charge in [-0.15, -0.1) is 0 Å². The molecule has 0 radical (unpaired) electrons. The van der Waals surface area contributed by atoms with Crippen LogP contribution in [0.25, 0.3) is 0 Å². The van der Waals surface area contributed by atoms with Gasteiger partial charge in [0.2, 0.25) is 0 Å². The molecule has 0 N–H and O–H groups in total. The first-order valence-corrected chi connectivity index (χ1v) is 3.51. The van der Waals surface area contributed by atoms with Crippen molar-refractivity contribution < 1.29 is 17.9 Å². The predicted octanol–water partition coefficient (Wildman–Crippen LogP) is 3.13. The second-order valence-corrected chi connectivity index (χ2v) is 3.18. The molecule has 0 fully saturated rings. The third kappa shape index (κ3) is 2.75. The van der Waals surface area contributed by atoms with Crippen LogP contribution >= 0.6 is 0 Å². The van der Waals surface area contributed by atoms with E-state index in [1.165, 1.54) is 14.0 Å². The standard InChI is InChI=1S/C8H13F3O/c1-6(12-4)5-7(2,3)8(9,10)11/h5H,1-4H3/b6-5+. The van der Waals surface area contributed by atoms with E-state index in [2.05, 4.69) is 4.74 Å². The van der Waals surface area contributed by atoms with Crippen LogP contribution in [-0.2, 0) is 4.74 Å². The molecule has 0 bridgehead atoms. The zero-order valence-electron chi connectivity index (χ0n) is 7.62. The second kappa shape index (κ2) is 3.37. The molecule has 0 aromatic heterocycles. The highest BCUT2D eigenvalue weighted by Gasteiger charge is 2.45. The van der Waals surface area contributed by atoms with E-state index in [0.717, 1.165) is 19.9 Å². The number of methoxy groups -OCH3 is 1. The van der Waals surface area contributed by atoms with E-state index >= 15 is 0 Å². The van der Waals surface area contributed by atoms with Crippen molar-refractivity contribution in [1.82, 2.24) is 0 Å². The molecule has 0 saturated carbocycles. The SMILES string of the molecule is CO/C(C)=C/C(C)(C)C(F)(F)F. The molecule has 0 aliphatic heterocycles. The van der Waals surface area contributed by atoms with Crippen molar-refractivity contribution in [3.63, 3.8) is 0 Å². The summed E-state index contributed by atoms with van der Waals surface area (Å²) in [5, 5.41) is 0. The molecular formula is C8H13F3O. The van der Waals surface area contributed by atoms with E-state index in [1.807, 2.05) is 0 Å². The first-order valence-electron chi connectivity index (χ1n) is 3.51. The third-order valence-electron chi connectivity index (χ3n) is 1.62. The maximum absolute atomic E-state index is 12.2. The van der Waals surface area contributed by atoms with Gasteiger partial charge in [-0.1, -0.05) is 0 Å². The smallest absolute Gasteiger partial charge is 0.397 e. The predicted molar refractivity (Wildman–Crippen MR) is 40.6 cm³/mol. The molecule has 12 heavy (non-hydrogen) atoms. The largest absolute Gasteiger partial charge is 0.502 e. The van der Waals surface area contributed by atoms with Crippen LogP contribution in [0.4, 0.5) is 13.2 Å². The van der Waals surface area contributed by atoms with Gasteiger partial charge in [0.05, 0.1) is 18.3 Å². The van der Waals surface area contributed by atoms with Gasteiger partial charge in [-0.3, -0.25) is 0 Å². The quantitative estimate of drug-likeness (QED) is 0.596. The van der Waals surface area contributed by atoms with Gasteiger partial charge in [0.1, 0.15) is 0 Å². The van der Waals surface area contributed by atoms with Gasteiger partial charge in [-0.25, -0.2) is 0 Å². The third-order valence-corrected chi connectivity index (χ3v) is 1.62. The summed E-state index contributed by atoms with van der Waals surface area (Å²) in [6.07, 6.45) is -3.17. The Bertz CT molecular complexity index is 179. The molecule has 0 saturated heterocycles. The Labute approximate surface area is 70.2 Å². The molecule has 0 amide bonds. The van der Waals surface area contributed by atoms with Gasteiger partial charge in [-0.05, 0) is 26.8 Å². The average molecular weight is 182 g/mol. The molecular weight excluding hydrogens is 169 g/mol. The Hall–Kier alpha value is -0.670. The number of hydrogen-bond acceptors (Lipinski definition) is 1. The number of ether oxygens (including phenoxy) is 1. The van der Waals surface area contributed by atoms with Gasteiger partial charge in [0.15, 0.2) is 0 Å². The Morgan fingerprint density at radius 1 is 1.25 bits per heavy atom. The van der Waals surface area contributed by atoms with E-state index < -0.39 is 11.6 Å². The molecule has 0 aliphatic carbocycles. The highest BCUT2D eigenvalue weighted by molar-refractivity contribution is 5.02. The van der Waals surface area contributed by atoms with Crippen molar-refractivity contribution >= 4 is 0 Å². The molecule has 1 nitrogen and oxygen atoms in total. The Morgan fingerprint density at radius 3 is 1.92 bits per heavy atom. The number of alkyl halides is 3. The average Bonchev–Trinajstić information content (AvgIpc) is 1.84. The molecule has 0 aliphatic rings. The zero-order chi connectivity index (χ0) is 9.99. The van der Waals surface area contributed by atoms with Crippen molar-refractivity contribution in [3.05, 3.63) is 11.8 Å². The monoisotopic (exact) mass is 182 g/mol. The summed E-state index contributed by atoms with van der Waals surface area (Å²) < 4.78 is 41.3. The van der Waals surface area contributed by atoms with Crippen LogP contribution < -0.4 is 0 Å². The van der Waals surface area contributed by atoms with Gasteiger partial charge in [0, 0.05) is 0 Å². The minimum Gasteiger partial charge on any atom is -0.502 e. The maximum atomic E-state index is 12.2. The lowest BCUT2D eigenvalue weighted by Gasteiger charge is -2.24. The highest BCUT2D eigenvalue weighted by Crippen LogP contribution is 2.39. The van der Waals surface area contributed by atoms with Crippen LogP contribution in [0.2, 0.25) is 0 Å². The first-order chi connectivity index (χ1) is 5.20. The fourth-order valence-corrected chi connectivity index (χ4v) is 0.649. The summed E-state index contributed by atoms with van der Waals surface area (Å²) in [7, 11) is 1.35. The Kier molecular flexibility index (Phi) is 3.18. The fraction of sp³-hybridized carbons (Fsp3) is 0.750. The van der Waals surface area contributed by atoms with Crippen LogP contribution in [0.5, 0.6) is 0 Å². The topological polar surface area (TPSA) is 9.23 Å². The van der Waals surface area contributed by atoms with Gasteiger partial charge in [0.25, 0.3) is 0 Å². The molecule has 72 valence electrons. The summed E-state index contributed by atoms with van der Waals surface area (Å²) in [4.78, 5) is 0. The summed E-state index contributed by atoms with van der Waals surface area (Å²) in [5.41, 5.74) is -1.83. The minimum absolute atomic E-state index is 0.275. The van der Waals surface area contributed by atoms with E-state index in [9.17, 15) is 13.2 Å². The lowest BCUT2D eigenvalue weighted by Crippen LogP contribution is -2.30. The maximum Gasteiger partial charge on any atom is 0.397 e. The van der Waals surface area contributed by atoms with Crippen LogP contribution in [0, 0.1) is 5.41 Å². The summed E-state index contributed by atoms with van der Waals surface area (Å²) >= 11 is 0. The molecule has 4 heteroatoms. The van der Waals surface area contributed by atoms with E-state index in [-0.39, 0.29) is 5.76 Å². The number of rotatable bonds is 2. The minimum atomic E-state index is -4.23. The van der Waals surface area contributed by atoms with Crippen molar-refractivity contribution in [2.45, 2.75) is 26.9 Å². The normalized spacial score (nSPS) is 14.8. The van der Waals surface area contributed by atoms with E-state index in [1.54, 1.807) is 0 Å². The zero-order valence-corrected chi connectivity index (χ0v) is 7.62. The molecule has 0 aromatic rings. The summed E-state index contributed by atoms with van der Waals surface area (Å²) in [6.45, 7) is 3.71. The molecule has 0 heterocycles. The molecule has 0 rings (SSSR count). The lowest BCUT2D eigenvalue weighted by molar-refractivity contribution is -0.194. The summed E-state index contributed by atoms with van der Waals surface area (Å²) in [6, 6.07) is 0. The Balaban J connectivity index is 4.64. The fourth-order valence-electron chi connectivity index (χ4n) is 0.649. The molecule has 0 spiro atoms. The number of halogens is 3. The van der Waals surface area contributed by atoms with Crippen LogP contribution in [-0.4, -0.2) is 13.3 Å². The molecule has 0 aromatic carbocycles.